The average molecular weight is 311 g/mol. The van der Waals surface area contributed by atoms with Gasteiger partial charge in [0.15, 0.2) is 0 Å². The Morgan fingerprint density at radius 1 is 1.44 bits per heavy atom. The summed E-state index contributed by atoms with van der Waals surface area (Å²) in [6.45, 7) is 3.94. The highest BCUT2D eigenvalue weighted by atomic mass is 79.9. The minimum absolute atomic E-state index is 0.399. The lowest BCUT2D eigenvalue weighted by molar-refractivity contribution is 0.158. The van der Waals surface area contributed by atoms with Gasteiger partial charge in [-0.2, -0.15) is 4.98 Å². The molecule has 0 aliphatic carbocycles. The van der Waals surface area contributed by atoms with E-state index >= 15 is 0 Å². The topological polar surface area (TPSA) is 59.2 Å². The van der Waals surface area contributed by atoms with Gasteiger partial charge in [0.1, 0.15) is 0 Å². The van der Waals surface area contributed by atoms with Crippen LogP contribution in [0.5, 0.6) is 0 Å². The van der Waals surface area contributed by atoms with E-state index in [1.165, 1.54) is 0 Å². The fourth-order valence-electron chi connectivity index (χ4n) is 1.53. The Kier molecular flexibility index (Phi) is 4.14. The summed E-state index contributed by atoms with van der Waals surface area (Å²) in [4.78, 5) is 4.28. The van der Waals surface area contributed by atoms with Crippen LogP contribution in [0.3, 0.4) is 0 Å². The van der Waals surface area contributed by atoms with Crippen molar-refractivity contribution in [2.45, 2.75) is 32.8 Å². The number of rotatable bonds is 4. The summed E-state index contributed by atoms with van der Waals surface area (Å²) in [5.74, 6) is 1.02. The molecule has 4 nitrogen and oxygen atoms in total. The summed E-state index contributed by atoms with van der Waals surface area (Å²) in [6.07, 6.45) is 0.646. The highest BCUT2D eigenvalue weighted by Gasteiger charge is 2.12. The zero-order valence-electron chi connectivity index (χ0n) is 10.4. The van der Waals surface area contributed by atoms with E-state index in [2.05, 4.69) is 26.1 Å². The molecule has 0 saturated heterocycles. The molecule has 2 rings (SSSR count). The van der Waals surface area contributed by atoms with Crippen LogP contribution in [-0.2, 0) is 6.42 Å². The van der Waals surface area contributed by atoms with Crippen molar-refractivity contribution in [2.75, 3.05) is 0 Å². The molecule has 0 fully saturated rings. The molecule has 0 saturated carbocycles. The molecule has 96 valence electrons. The van der Waals surface area contributed by atoms with E-state index in [0.29, 0.717) is 24.6 Å². The molecule has 0 bridgehead atoms. The van der Waals surface area contributed by atoms with Crippen LogP contribution in [0, 0.1) is 6.92 Å². The number of nitrogens with zero attached hydrogens (tertiary/aromatic N) is 2. The van der Waals surface area contributed by atoms with E-state index in [4.69, 9.17) is 4.52 Å². The zero-order chi connectivity index (χ0) is 13.1. The highest BCUT2D eigenvalue weighted by molar-refractivity contribution is 9.10. The van der Waals surface area contributed by atoms with Gasteiger partial charge in [-0.05, 0) is 25.0 Å². The molecule has 0 aliphatic heterocycles. The molecule has 2 aromatic rings. The van der Waals surface area contributed by atoms with Crippen molar-refractivity contribution in [1.29, 1.82) is 0 Å². The van der Waals surface area contributed by atoms with Gasteiger partial charge in [0.25, 0.3) is 0 Å². The Morgan fingerprint density at radius 2 is 2.22 bits per heavy atom. The van der Waals surface area contributed by atoms with Gasteiger partial charge < -0.3 is 9.63 Å². The van der Waals surface area contributed by atoms with Gasteiger partial charge in [0.2, 0.25) is 11.7 Å². The third-order valence-corrected chi connectivity index (χ3v) is 3.63. The highest BCUT2D eigenvalue weighted by Crippen LogP contribution is 2.23. The van der Waals surface area contributed by atoms with E-state index in [9.17, 15) is 5.11 Å². The minimum atomic E-state index is -0.428. The lowest BCUT2D eigenvalue weighted by Crippen LogP contribution is -2.08. The van der Waals surface area contributed by atoms with Crippen LogP contribution in [0.25, 0.3) is 11.4 Å². The van der Waals surface area contributed by atoms with Crippen molar-refractivity contribution in [3.05, 3.63) is 34.1 Å². The summed E-state index contributed by atoms with van der Waals surface area (Å²) in [6, 6.07) is 5.90. The molecule has 0 amide bonds. The van der Waals surface area contributed by atoms with E-state index in [1.54, 1.807) is 0 Å². The largest absolute Gasteiger partial charge is 0.393 e. The SMILES string of the molecule is CCC(O)Cc1nc(-c2ccc(C)c(Br)c2)no1. The number of aryl methyl sites for hydroxylation is 1. The first-order chi connectivity index (χ1) is 8.60. The Balaban J connectivity index is 2.21. The van der Waals surface area contributed by atoms with Crippen LogP contribution in [-0.4, -0.2) is 21.4 Å². The molecule has 1 aromatic heterocycles. The van der Waals surface area contributed by atoms with Crippen molar-refractivity contribution in [2.24, 2.45) is 0 Å². The molecule has 1 aromatic carbocycles. The maximum atomic E-state index is 9.54. The van der Waals surface area contributed by atoms with Crippen LogP contribution in [0.2, 0.25) is 0 Å². The summed E-state index contributed by atoms with van der Waals surface area (Å²) in [7, 11) is 0. The third-order valence-electron chi connectivity index (χ3n) is 2.78. The molecule has 1 N–H and O–H groups in total. The first-order valence-electron chi connectivity index (χ1n) is 5.87. The number of hydrogen-bond donors (Lipinski definition) is 1. The van der Waals surface area contributed by atoms with E-state index < -0.39 is 6.10 Å². The first-order valence-corrected chi connectivity index (χ1v) is 6.66. The number of benzene rings is 1. The summed E-state index contributed by atoms with van der Waals surface area (Å²) < 4.78 is 6.14. The molecule has 1 unspecified atom stereocenters. The van der Waals surface area contributed by atoms with Crippen LogP contribution in [0.1, 0.15) is 24.8 Å². The summed E-state index contributed by atoms with van der Waals surface area (Å²) in [5.41, 5.74) is 2.05. The number of halogens is 1. The normalized spacial score (nSPS) is 12.7. The van der Waals surface area contributed by atoms with E-state index in [-0.39, 0.29) is 0 Å². The van der Waals surface area contributed by atoms with E-state index in [1.807, 2.05) is 32.0 Å². The number of aliphatic hydroxyl groups is 1. The van der Waals surface area contributed by atoms with Crippen molar-refractivity contribution in [3.63, 3.8) is 0 Å². The molecule has 1 atom stereocenters. The molecular weight excluding hydrogens is 296 g/mol. The second-order valence-electron chi connectivity index (χ2n) is 4.24. The summed E-state index contributed by atoms with van der Waals surface area (Å²) >= 11 is 3.48. The number of aliphatic hydroxyl groups excluding tert-OH is 1. The summed E-state index contributed by atoms with van der Waals surface area (Å²) in [5, 5.41) is 13.5. The van der Waals surface area contributed by atoms with Crippen molar-refractivity contribution < 1.29 is 9.63 Å². The first kappa shape index (κ1) is 13.2. The van der Waals surface area contributed by atoms with Crippen molar-refractivity contribution in [3.8, 4) is 11.4 Å². The zero-order valence-corrected chi connectivity index (χ0v) is 11.9. The Morgan fingerprint density at radius 3 is 2.89 bits per heavy atom. The van der Waals surface area contributed by atoms with Gasteiger partial charge in [0.05, 0.1) is 12.5 Å². The minimum Gasteiger partial charge on any atom is -0.393 e. The van der Waals surface area contributed by atoms with Crippen LogP contribution in [0.15, 0.2) is 27.2 Å². The van der Waals surface area contributed by atoms with Crippen molar-refractivity contribution >= 4 is 15.9 Å². The molecule has 0 aliphatic rings. The van der Waals surface area contributed by atoms with Crippen LogP contribution < -0.4 is 0 Å². The fourth-order valence-corrected chi connectivity index (χ4v) is 1.91. The maximum Gasteiger partial charge on any atom is 0.229 e. The lowest BCUT2D eigenvalue weighted by Gasteiger charge is -2.01. The molecular formula is C13H15BrN2O2. The second kappa shape index (κ2) is 5.63. The van der Waals surface area contributed by atoms with Gasteiger partial charge in [-0.1, -0.05) is 40.1 Å². The standard InChI is InChI=1S/C13H15BrN2O2/c1-3-10(17)7-12-15-13(16-18-12)9-5-4-8(2)11(14)6-9/h4-6,10,17H,3,7H2,1-2H3. The Bertz CT molecular complexity index is 540. The number of hydrogen-bond acceptors (Lipinski definition) is 4. The van der Waals surface area contributed by atoms with E-state index in [0.717, 1.165) is 15.6 Å². The monoisotopic (exact) mass is 310 g/mol. The molecule has 0 spiro atoms. The van der Waals surface area contributed by atoms with Gasteiger partial charge in [-0.15, -0.1) is 0 Å². The van der Waals surface area contributed by atoms with Gasteiger partial charge in [-0.25, -0.2) is 0 Å². The third kappa shape index (κ3) is 2.97. The molecule has 0 radical (unpaired) electrons. The Labute approximate surface area is 114 Å². The smallest absolute Gasteiger partial charge is 0.229 e. The molecule has 5 heteroatoms. The maximum absolute atomic E-state index is 9.54. The average Bonchev–Trinajstić information content (AvgIpc) is 2.81. The van der Waals surface area contributed by atoms with Crippen LogP contribution >= 0.6 is 15.9 Å². The van der Waals surface area contributed by atoms with Gasteiger partial charge in [0, 0.05) is 10.0 Å². The number of aromatic nitrogens is 2. The Hall–Kier alpha value is -1.20. The lowest BCUT2D eigenvalue weighted by atomic mass is 10.1. The van der Waals surface area contributed by atoms with Gasteiger partial charge >= 0.3 is 0 Å². The predicted molar refractivity (Wildman–Crippen MR) is 72.2 cm³/mol. The second-order valence-corrected chi connectivity index (χ2v) is 5.10. The molecule has 1 heterocycles. The van der Waals surface area contributed by atoms with Crippen molar-refractivity contribution in [1.82, 2.24) is 10.1 Å². The van der Waals surface area contributed by atoms with Gasteiger partial charge in [-0.3, -0.25) is 0 Å². The fraction of sp³-hybridized carbons (Fsp3) is 0.385. The van der Waals surface area contributed by atoms with Crippen LogP contribution in [0.4, 0.5) is 0 Å². The predicted octanol–water partition coefficient (Wildman–Crippen LogP) is 3.12. The quantitative estimate of drug-likeness (QED) is 0.942. The molecule has 18 heavy (non-hydrogen) atoms.